The van der Waals surface area contributed by atoms with E-state index in [-0.39, 0.29) is 5.97 Å². The van der Waals surface area contributed by atoms with Gasteiger partial charge in [0.2, 0.25) is 8.32 Å². The van der Waals surface area contributed by atoms with Gasteiger partial charge in [0.25, 0.3) is 5.97 Å². The molecule has 7 heteroatoms. The second kappa shape index (κ2) is 6.05. The Morgan fingerprint density at radius 2 is 1.63 bits per heavy atom. The lowest BCUT2D eigenvalue weighted by molar-refractivity contribution is -0.134. The summed E-state index contributed by atoms with van der Waals surface area (Å²) in [7, 11) is -4.13. The van der Waals surface area contributed by atoms with Gasteiger partial charge in [0, 0.05) is 5.75 Å². The summed E-state index contributed by atoms with van der Waals surface area (Å²) in [4.78, 5) is 11.8. The zero-order valence-electron chi connectivity index (χ0n) is 13.5. The van der Waals surface area contributed by atoms with Crippen LogP contribution >= 0.6 is 11.9 Å². The number of carbonyl (C=O) groups is 1. The Labute approximate surface area is 125 Å². The molecule has 0 amide bonds. The standard InChI is InChI=1S/C12H29NO2SSi3/c1-17(2,3)15-12(14)8-9-16-13-18(4,5)10-11-19(13,6)7/h8-11H2,1-7H3. The minimum Gasteiger partial charge on any atom is -0.520 e. The van der Waals surface area contributed by atoms with E-state index in [2.05, 4.69) is 49.5 Å². The third-order valence-corrected chi connectivity index (χ3v) is 17.9. The van der Waals surface area contributed by atoms with Crippen LogP contribution in [0.4, 0.5) is 0 Å². The van der Waals surface area contributed by atoms with Gasteiger partial charge < -0.3 is 4.43 Å². The predicted octanol–water partition coefficient (Wildman–Crippen LogP) is 4.13. The van der Waals surface area contributed by atoms with Gasteiger partial charge in [-0.2, -0.15) is 0 Å². The Balaban J connectivity index is 2.42. The van der Waals surface area contributed by atoms with E-state index < -0.39 is 24.8 Å². The summed E-state index contributed by atoms with van der Waals surface area (Å²) < 4.78 is 8.25. The molecule has 1 aliphatic heterocycles. The SMILES string of the molecule is C[Si](C)(C)OC(=O)CCSN1[Si](C)(C)CC[Si]1(C)C. The molecule has 0 unspecified atom stereocenters. The largest absolute Gasteiger partial charge is 0.520 e. The lowest BCUT2D eigenvalue weighted by Crippen LogP contribution is -2.50. The fourth-order valence-corrected chi connectivity index (χ4v) is 20.2. The number of hydrogen-bond acceptors (Lipinski definition) is 4. The zero-order valence-corrected chi connectivity index (χ0v) is 17.3. The van der Waals surface area contributed by atoms with E-state index in [1.54, 1.807) is 0 Å². The van der Waals surface area contributed by atoms with E-state index in [0.29, 0.717) is 6.42 Å². The first-order valence-electron chi connectivity index (χ1n) is 7.09. The normalized spacial score (nSPS) is 22.5. The van der Waals surface area contributed by atoms with Crippen molar-refractivity contribution in [1.29, 1.82) is 0 Å². The molecular formula is C12H29NO2SSi3. The highest BCUT2D eigenvalue weighted by molar-refractivity contribution is 7.99. The number of nitrogens with zero attached hydrogens (tertiary/aromatic N) is 1. The summed E-state index contributed by atoms with van der Waals surface area (Å²) in [6, 6.07) is 2.83. The van der Waals surface area contributed by atoms with E-state index in [0.717, 1.165) is 5.75 Å². The lowest BCUT2D eigenvalue weighted by Gasteiger charge is -2.37. The minimum atomic E-state index is -1.71. The van der Waals surface area contributed by atoms with Crippen molar-refractivity contribution in [3.05, 3.63) is 0 Å². The highest BCUT2D eigenvalue weighted by atomic mass is 32.2. The van der Waals surface area contributed by atoms with Gasteiger partial charge in [-0.1, -0.05) is 38.1 Å². The molecule has 1 heterocycles. The molecule has 0 aliphatic carbocycles. The van der Waals surface area contributed by atoms with Crippen molar-refractivity contribution in [2.45, 2.75) is 64.3 Å². The van der Waals surface area contributed by atoms with E-state index in [1.807, 2.05) is 11.9 Å². The maximum atomic E-state index is 11.8. The van der Waals surface area contributed by atoms with Crippen molar-refractivity contribution >= 4 is 42.7 Å². The fraction of sp³-hybridized carbons (Fsp3) is 0.917. The van der Waals surface area contributed by atoms with Crippen molar-refractivity contribution in [3.8, 4) is 0 Å². The quantitative estimate of drug-likeness (QED) is 0.558. The average Bonchev–Trinajstić information content (AvgIpc) is 2.37. The molecule has 19 heavy (non-hydrogen) atoms. The topological polar surface area (TPSA) is 29.5 Å². The van der Waals surface area contributed by atoms with Crippen molar-refractivity contribution in [3.63, 3.8) is 0 Å². The zero-order chi connectivity index (χ0) is 14.9. The summed E-state index contributed by atoms with van der Waals surface area (Å²) in [5, 5.41) is 0. The summed E-state index contributed by atoms with van der Waals surface area (Å²) in [5.41, 5.74) is 0. The Kier molecular flexibility index (Phi) is 5.56. The molecule has 1 aliphatic rings. The van der Waals surface area contributed by atoms with Crippen LogP contribution in [0.3, 0.4) is 0 Å². The van der Waals surface area contributed by atoms with Crippen LogP contribution in [0.5, 0.6) is 0 Å². The summed E-state index contributed by atoms with van der Waals surface area (Å²) >= 11 is 1.92. The summed E-state index contributed by atoms with van der Waals surface area (Å²) in [6.45, 7) is 16.0. The molecule has 0 atom stereocenters. The molecule has 0 spiro atoms. The van der Waals surface area contributed by atoms with Crippen LogP contribution in [0.25, 0.3) is 0 Å². The van der Waals surface area contributed by atoms with E-state index >= 15 is 0 Å². The molecule has 0 radical (unpaired) electrons. The third-order valence-electron chi connectivity index (χ3n) is 3.39. The van der Waals surface area contributed by atoms with Crippen molar-refractivity contribution in [2.75, 3.05) is 5.75 Å². The Morgan fingerprint density at radius 1 is 1.16 bits per heavy atom. The minimum absolute atomic E-state index is 0.00944. The molecule has 0 bridgehead atoms. The van der Waals surface area contributed by atoms with Crippen LogP contribution < -0.4 is 0 Å². The van der Waals surface area contributed by atoms with Gasteiger partial charge in [-0.25, -0.2) is 0 Å². The van der Waals surface area contributed by atoms with Gasteiger partial charge in [-0.15, -0.1) is 0 Å². The van der Waals surface area contributed by atoms with Crippen molar-refractivity contribution in [1.82, 2.24) is 3.64 Å². The second-order valence-corrected chi connectivity index (χ2v) is 23.3. The number of carbonyl (C=O) groups excluding carboxylic acids is 1. The molecule has 0 aromatic heterocycles. The fourth-order valence-electron chi connectivity index (χ4n) is 2.60. The number of rotatable bonds is 5. The smallest absolute Gasteiger partial charge is 0.293 e. The van der Waals surface area contributed by atoms with Gasteiger partial charge in [0.1, 0.15) is 16.5 Å². The predicted molar refractivity (Wildman–Crippen MR) is 92.9 cm³/mol. The molecule has 0 aromatic carbocycles. The highest BCUT2D eigenvalue weighted by Crippen LogP contribution is 2.41. The first-order chi connectivity index (χ1) is 8.44. The Morgan fingerprint density at radius 3 is 2.05 bits per heavy atom. The first-order valence-corrected chi connectivity index (χ1v) is 17.8. The molecule has 3 nitrogen and oxygen atoms in total. The summed E-state index contributed by atoms with van der Waals surface area (Å²) in [5.74, 6) is 0.876. The average molecular weight is 336 g/mol. The van der Waals surface area contributed by atoms with Crippen LogP contribution in [-0.4, -0.2) is 40.1 Å². The molecule has 1 fully saturated rings. The van der Waals surface area contributed by atoms with Crippen molar-refractivity contribution in [2.24, 2.45) is 0 Å². The molecule has 1 saturated heterocycles. The van der Waals surface area contributed by atoms with Crippen LogP contribution in [0, 0.1) is 0 Å². The second-order valence-electron chi connectivity index (χ2n) is 7.59. The molecular weight excluding hydrogens is 306 g/mol. The van der Waals surface area contributed by atoms with Gasteiger partial charge in [0.05, 0.1) is 6.42 Å². The monoisotopic (exact) mass is 335 g/mol. The Bertz CT molecular complexity index is 326. The van der Waals surface area contributed by atoms with Crippen LogP contribution in [-0.2, 0) is 9.22 Å². The molecule has 0 N–H and O–H groups in total. The van der Waals surface area contributed by atoms with Crippen molar-refractivity contribution < 1.29 is 9.22 Å². The molecule has 0 aromatic rings. The van der Waals surface area contributed by atoms with Crippen LogP contribution in [0.15, 0.2) is 0 Å². The van der Waals surface area contributed by atoms with E-state index in [4.69, 9.17) is 4.43 Å². The van der Waals surface area contributed by atoms with Gasteiger partial charge >= 0.3 is 0 Å². The molecule has 0 saturated carbocycles. The number of hydrogen-bond donors (Lipinski definition) is 0. The van der Waals surface area contributed by atoms with Gasteiger partial charge in [-0.05, 0) is 31.7 Å². The maximum Gasteiger partial charge on any atom is 0.293 e. The van der Waals surface area contributed by atoms with E-state index in [1.165, 1.54) is 12.1 Å². The first kappa shape index (κ1) is 17.5. The van der Waals surface area contributed by atoms with Crippen LogP contribution in [0.1, 0.15) is 6.42 Å². The Hall–Kier alpha value is 0.431. The van der Waals surface area contributed by atoms with E-state index in [9.17, 15) is 4.79 Å². The third kappa shape index (κ3) is 5.37. The lowest BCUT2D eigenvalue weighted by atomic mass is 10.5. The van der Waals surface area contributed by atoms with Crippen LogP contribution in [0.2, 0.25) is 57.9 Å². The molecule has 1 rings (SSSR count). The maximum absolute atomic E-state index is 11.8. The highest BCUT2D eigenvalue weighted by Gasteiger charge is 2.47. The van der Waals surface area contributed by atoms with Gasteiger partial charge in [-0.3, -0.25) is 8.43 Å². The van der Waals surface area contributed by atoms with Gasteiger partial charge in [0.15, 0.2) is 0 Å². The molecule has 112 valence electrons. The summed E-state index contributed by atoms with van der Waals surface area (Å²) in [6.07, 6.45) is 0.556.